The molecule has 0 saturated heterocycles. The zero-order valence-corrected chi connectivity index (χ0v) is 16.2. The molecule has 10 heteroatoms. The number of fused-ring (bicyclic) bond motifs is 1. The van der Waals surface area contributed by atoms with Crippen molar-refractivity contribution >= 4 is 37.0 Å². The summed E-state index contributed by atoms with van der Waals surface area (Å²) in [5.74, 6) is 0. The van der Waals surface area contributed by atoms with E-state index in [1.165, 1.54) is 12.3 Å². The Morgan fingerprint density at radius 3 is 2.52 bits per heavy atom. The van der Waals surface area contributed by atoms with Crippen LogP contribution in [0.5, 0.6) is 0 Å². The van der Waals surface area contributed by atoms with Crippen LogP contribution in [0.15, 0.2) is 37.1 Å². The summed E-state index contributed by atoms with van der Waals surface area (Å²) in [4.78, 5) is 16.5. The van der Waals surface area contributed by atoms with Crippen LogP contribution in [0, 0.1) is 0 Å². The van der Waals surface area contributed by atoms with Crippen LogP contribution < -0.4 is 10.4 Å². The number of H-pyrrole nitrogens is 2. The number of nitrogens with one attached hydrogen (secondary N) is 3. The molecule has 0 aliphatic rings. The van der Waals surface area contributed by atoms with E-state index < -0.39 is 15.7 Å². The quantitative estimate of drug-likeness (QED) is 0.588. The van der Waals surface area contributed by atoms with E-state index in [4.69, 9.17) is 4.52 Å². The zero-order valence-electron chi connectivity index (χ0n) is 13.8. The summed E-state index contributed by atoms with van der Waals surface area (Å²) in [6.07, 6.45) is 1.44. The molecule has 0 spiro atoms. The minimum Gasteiger partial charge on any atom is -0.364 e. The van der Waals surface area contributed by atoms with Crippen LogP contribution in [0.1, 0.15) is 32.0 Å². The van der Waals surface area contributed by atoms with Crippen LogP contribution in [0.4, 0.5) is 0 Å². The SMILES string of the molecule is CC(C)(C)c1nocc1CNS(=O)(=O)c1cc2[nH]c(=O)[nH]c2cc1Br. The van der Waals surface area contributed by atoms with Gasteiger partial charge in [0.2, 0.25) is 10.0 Å². The molecule has 3 rings (SSSR count). The lowest BCUT2D eigenvalue weighted by Gasteiger charge is -2.16. The summed E-state index contributed by atoms with van der Waals surface area (Å²) in [6.45, 7) is 5.95. The summed E-state index contributed by atoms with van der Waals surface area (Å²) >= 11 is 3.24. The predicted molar refractivity (Wildman–Crippen MR) is 95.8 cm³/mol. The normalized spacial score (nSPS) is 12.8. The molecule has 3 aromatic rings. The lowest BCUT2D eigenvalue weighted by atomic mass is 9.90. The third kappa shape index (κ3) is 3.55. The Morgan fingerprint density at radius 1 is 1.24 bits per heavy atom. The van der Waals surface area contributed by atoms with E-state index in [0.29, 0.717) is 26.8 Å². The van der Waals surface area contributed by atoms with E-state index in [0.717, 1.165) is 0 Å². The second-order valence-corrected chi connectivity index (χ2v) is 9.26. The minimum absolute atomic E-state index is 0.0315. The summed E-state index contributed by atoms with van der Waals surface area (Å²) in [6, 6.07) is 2.94. The van der Waals surface area contributed by atoms with Gasteiger partial charge in [0.25, 0.3) is 0 Å². The van der Waals surface area contributed by atoms with Gasteiger partial charge in [-0.25, -0.2) is 17.9 Å². The number of rotatable bonds is 4. The molecule has 0 amide bonds. The Hall–Kier alpha value is -1.91. The van der Waals surface area contributed by atoms with Crippen molar-refractivity contribution in [1.82, 2.24) is 19.8 Å². The first-order chi connectivity index (χ1) is 11.6. The Morgan fingerprint density at radius 2 is 1.88 bits per heavy atom. The number of aromatic nitrogens is 3. The van der Waals surface area contributed by atoms with E-state index in [-0.39, 0.29) is 16.9 Å². The first kappa shape index (κ1) is 17.9. The highest BCUT2D eigenvalue weighted by atomic mass is 79.9. The molecule has 134 valence electrons. The maximum absolute atomic E-state index is 12.7. The monoisotopic (exact) mass is 428 g/mol. The standard InChI is InChI=1S/C15H17BrN4O4S/c1-15(2,3)13-8(7-24-20-13)6-17-25(22,23)12-5-11-10(4-9(12)16)18-14(21)19-11/h4-5,7,17H,6H2,1-3H3,(H2,18,19,21). The van der Waals surface area contributed by atoms with Crippen LogP contribution in [0.3, 0.4) is 0 Å². The number of imidazole rings is 1. The number of benzene rings is 1. The molecule has 0 unspecified atom stereocenters. The molecule has 2 heterocycles. The number of hydrogen-bond donors (Lipinski definition) is 3. The summed E-state index contributed by atoms with van der Waals surface area (Å²) in [5, 5.41) is 3.96. The fourth-order valence-corrected chi connectivity index (χ4v) is 4.57. The molecule has 3 N–H and O–H groups in total. The second kappa shape index (κ2) is 6.11. The Kier molecular flexibility index (Phi) is 4.38. The van der Waals surface area contributed by atoms with Crippen molar-refractivity contribution in [2.75, 3.05) is 0 Å². The molecule has 1 aromatic carbocycles. The largest absolute Gasteiger partial charge is 0.364 e. The molecular formula is C15H17BrN4O4S. The van der Waals surface area contributed by atoms with Crippen molar-refractivity contribution in [3.63, 3.8) is 0 Å². The average Bonchev–Trinajstić information content (AvgIpc) is 3.08. The Labute approximate surface area is 152 Å². The highest BCUT2D eigenvalue weighted by molar-refractivity contribution is 9.10. The summed E-state index contributed by atoms with van der Waals surface area (Å²) in [5.41, 5.74) is 1.63. The topological polar surface area (TPSA) is 121 Å². The molecule has 0 aliphatic heterocycles. The van der Waals surface area contributed by atoms with E-state index in [1.54, 1.807) is 6.07 Å². The fourth-order valence-electron chi connectivity index (χ4n) is 2.49. The lowest BCUT2D eigenvalue weighted by molar-refractivity contribution is 0.393. The van der Waals surface area contributed by atoms with Crippen LogP contribution in [0.2, 0.25) is 0 Å². The van der Waals surface area contributed by atoms with E-state index in [2.05, 4.69) is 35.8 Å². The predicted octanol–water partition coefficient (Wildman–Crippen LogP) is 2.38. The van der Waals surface area contributed by atoms with Crippen molar-refractivity contribution in [1.29, 1.82) is 0 Å². The Bertz CT molecular complexity index is 1090. The van der Waals surface area contributed by atoms with Gasteiger partial charge in [0.15, 0.2) is 0 Å². The Balaban J connectivity index is 1.91. The molecule has 2 aromatic heterocycles. The van der Waals surface area contributed by atoms with E-state index >= 15 is 0 Å². The highest BCUT2D eigenvalue weighted by Crippen LogP contribution is 2.27. The van der Waals surface area contributed by atoms with Crippen LogP contribution >= 0.6 is 15.9 Å². The molecule has 0 saturated carbocycles. The van der Waals surface area contributed by atoms with Crippen molar-refractivity contribution in [3.05, 3.63) is 44.6 Å². The molecule has 8 nitrogen and oxygen atoms in total. The molecule has 0 radical (unpaired) electrons. The van der Waals surface area contributed by atoms with Gasteiger partial charge in [0.1, 0.15) is 6.26 Å². The molecule has 0 aliphatic carbocycles. The maximum atomic E-state index is 12.7. The molecular weight excluding hydrogens is 412 g/mol. The summed E-state index contributed by atoms with van der Waals surface area (Å²) < 4.78 is 33.2. The van der Waals surface area contributed by atoms with Crippen LogP contribution in [0.25, 0.3) is 11.0 Å². The third-order valence-corrected chi connectivity index (χ3v) is 6.02. The first-order valence-corrected chi connectivity index (χ1v) is 9.70. The molecule has 0 fully saturated rings. The van der Waals surface area contributed by atoms with Gasteiger partial charge in [0, 0.05) is 22.0 Å². The van der Waals surface area contributed by atoms with Crippen molar-refractivity contribution in [2.45, 2.75) is 37.6 Å². The molecule has 25 heavy (non-hydrogen) atoms. The fraction of sp³-hybridized carbons (Fsp3) is 0.333. The van der Waals surface area contributed by atoms with Gasteiger partial charge < -0.3 is 14.5 Å². The molecule has 0 bridgehead atoms. The van der Waals surface area contributed by atoms with Crippen LogP contribution in [-0.4, -0.2) is 23.5 Å². The van der Waals surface area contributed by atoms with Gasteiger partial charge in [-0.3, -0.25) is 0 Å². The molecule has 0 atom stereocenters. The van der Waals surface area contributed by atoms with Gasteiger partial charge in [-0.2, -0.15) is 0 Å². The number of halogens is 1. The van der Waals surface area contributed by atoms with Crippen molar-refractivity contribution in [2.24, 2.45) is 0 Å². The lowest BCUT2D eigenvalue weighted by Crippen LogP contribution is -2.25. The van der Waals surface area contributed by atoms with Gasteiger partial charge in [-0.05, 0) is 28.1 Å². The van der Waals surface area contributed by atoms with Gasteiger partial charge in [-0.15, -0.1) is 0 Å². The van der Waals surface area contributed by atoms with Gasteiger partial charge >= 0.3 is 5.69 Å². The van der Waals surface area contributed by atoms with Crippen molar-refractivity contribution in [3.8, 4) is 0 Å². The van der Waals surface area contributed by atoms with Gasteiger partial charge in [-0.1, -0.05) is 25.9 Å². The average molecular weight is 429 g/mol. The number of hydrogen-bond acceptors (Lipinski definition) is 5. The number of sulfonamides is 1. The third-order valence-electron chi connectivity index (χ3n) is 3.66. The first-order valence-electron chi connectivity index (χ1n) is 7.43. The smallest absolute Gasteiger partial charge is 0.323 e. The van der Waals surface area contributed by atoms with E-state index in [9.17, 15) is 13.2 Å². The minimum atomic E-state index is -3.81. The van der Waals surface area contributed by atoms with Crippen LogP contribution in [-0.2, 0) is 22.0 Å². The maximum Gasteiger partial charge on any atom is 0.323 e. The highest BCUT2D eigenvalue weighted by Gasteiger charge is 2.24. The van der Waals surface area contributed by atoms with Crippen molar-refractivity contribution < 1.29 is 12.9 Å². The second-order valence-electron chi connectivity index (χ2n) is 6.67. The van der Waals surface area contributed by atoms with E-state index in [1.807, 2.05) is 20.8 Å². The number of nitrogens with zero attached hydrogens (tertiary/aromatic N) is 1. The van der Waals surface area contributed by atoms with Gasteiger partial charge in [0.05, 0.1) is 21.6 Å². The number of aromatic amines is 2. The zero-order chi connectivity index (χ0) is 18.4. The summed E-state index contributed by atoms with van der Waals surface area (Å²) in [7, 11) is -3.81.